The van der Waals surface area contributed by atoms with Crippen molar-refractivity contribution in [2.45, 2.75) is 45.3 Å². The van der Waals surface area contributed by atoms with Crippen LogP contribution in [0.2, 0.25) is 0 Å². The van der Waals surface area contributed by atoms with Crippen molar-refractivity contribution in [1.29, 1.82) is 0 Å². The maximum Gasteiger partial charge on any atom is 0.230 e. The van der Waals surface area contributed by atoms with Crippen molar-refractivity contribution in [2.75, 3.05) is 4.90 Å². The Morgan fingerprint density at radius 1 is 1.04 bits per heavy atom. The number of aromatic nitrogens is 1. The van der Waals surface area contributed by atoms with Gasteiger partial charge in [-0.1, -0.05) is 23.8 Å². The Morgan fingerprint density at radius 2 is 1.81 bits per heavy atom. The normalized spacial score (nSPS) is 10.9. The molecule has 0 N–H and O–H groups in total. The van der Waals surface area contributed by atoms with Crippen molar-refractivity contribution in [3.8, 4) is 0 Å². The third kappa shape index (κ3) is 4.60. The molecule has 0 fully saturated rings. The number of anilines is 2. The van der Waals surface area contributed by atoms with Crippen LogP contribution in [0.15, 0.2) is 46.7 Å². The lowest BCUT2D eigenvalue weighted by Crippen LogP contribution is -2.23. The van der Waals surface area contributed by atoms with Crippen LogP contribution in [0.3, 0.4) is 0 Å². The van der Waals surface area contributed by atoms with E-state index in [1.54, 1.807) is 23.6 Å². The minimum Gasteiger partial charge on any atom is -0.274 e. The highest BCUT2D eigenvalue weighted by molar-refractivity contribution is 7.98. The standard InChI is InChI=1S/C22H24N2OS2/c1-14-6-9-21(17(4)10-14)24(18(5)25)22-23-19(13-27-22)12-26-20-8-7-15(2)16(3)11-20/h6-11,13H,12H2,1-5H3. The second-order valence-electron chi connectivity index (χ2n) is 6.80. The molecule has 140 valence electrons. The van der Waals surface area contributed by atoms with E-state index in [-0.39, 0.29) is 5.91 Å². The molecule has 0 aliphatic rings. The predicted molar refractivity (Wildman–Crippen MR) is 116 cm³/mol. The summed E-state index contributed by atoms with van der Waals surface area (Å²) in [6.07, 6.45) is 0. The number of hydrogen-bond donors (Lipinski definition) is 0. The van der Waals surface area contributed by atoms with Crippen LogP contribution in [0.4, 0.5) is 10.8 Å². The quantitative estimate of drug-likeness (QED) is 0.471. The largest absolute Gasteiger partial charge is 0.274 e. The molecule has 1 amide bonds. The second kappa shape index (κ2) is 8.28. The van der Waals surface area contributed by atoms with Crippen LogP contribution in [0.25, 0.3) is 0 Å². The molecule has 2 aromatic carbocycles. The zero-order valence-corrected chi connectivity index (χ0v) is 18.0. The number of benzene rings is 2. The van der Waals surface area contributed by atoms with Crippen molar-refractivity contribution in [3.05, 3.63) is 69.7 Å². The van der Waals surface area contributed by atoms with E-state index in [1.807, 2.05) is 24.4 Å². The average molecular weight is 397 g/mol. The SMILES string of the molecule is CC(=O)N(c1nc(CSc2ccc(C)c(C)c2)cs1)c1ccc(C)cc1C. The molecule has 0 aliphatic heterocycles. The van der Waals surface area contributed by atoms with Gasteiger partial charge in [0.2, 0.25) is 5.91 Å². The summed E-state index contributed by atoms with van der Waals surface area (Å²) in [5.41, 5.74) is 6.76. The molecule has 0 radical (unpaired) electrons. The zero-order chi connectivity index (χ0) is 19.6. The van der Waals surface area contributed by atoms with Crippen LogP contribution >= 0.6 is 23.1 Å². The fraction of sp³-hybridized carbons (Fsp3) is 0.273. The number of thiazole rings is 1. The molecule has 27 heavy (non-hydrogen) atoms. The highest BCUT2D eigenvalue weighted by Crippen LogP contribution is 2.33. The lowest BCUT2D eigenvalue weighted by molar-refractivity contribution is -0.115. The Kier molecular flexibility index (Phi) is 6.02. The Hall–Kier alpha value is -2.11. The molecule has 0 unspecified atom stereocenters. The summed E-state index contributed by atoms with van der Waals surface area (Å²) in [6, 6.07) is 12.6. The molecule has 3 aromatic rings. The minimum atomic E-state index is -0.0235. The molecule has 1 aromatic heterocycles. The number of amides is 1. The van der Waals surface area contributed by atoms with E-state index in [4.69, 9.17) is 4.98 Å². The van der Waals surface area contributed by atoms with Gasteiger partial charge in [0.25, 0.3) is 0 Å². The molecule has 5 heteroatoms. The maximum atomic E-state index is 12.3. The van der Waals surface area contributed by atoms with Crippen molar-refractivity contribution in [1.82, 2.24) is 4.98 Å². The monoisotopic (exact) mass is 396 g/mol. The molecule has 3 nitrogen and oxygen atoms in total. The van der Waals surface area contributed by atoms with Gasteiger partial charge in [-0.2, -0.15) is 0 Å². The summed E-state index contributed by atoms with van der Waals surface area (Å²) in [5, 5.41) is 2.77. The van der Waals surface area contributed by atoms with E-state index in [9.17, 15) is 4.79 Å². The average Bonchev–Trinajstić information content (AvgIpc) is 3.06. The first-order valence-electron chi connectivity index (χ1n) is 8.87. The molecular weight excluding hydrogens is 372 g/mol. The molecule has 1 heterocycles. The second-order valence-corrected chi connectivity index (χ2v) is 8.69. The first-order chi connectivity index (χ1) is 12.8. The van der Waals surface area contributed by atoms with E-state index < -0.39 is 0 Å². The van der Waals surface area contributed by atoms with Crippen LogP contribution in [-0.2, 0) is 10.5 Å². The number of carbonyl (C=O) groups excluding carboxylic acids is 1. The van der Waals surface area contributed by atoms with Gasteiger partial charge >= 0.3 is 0 Å². The van der Waals surface area contributed by atoms with E-state index in [1.165, 1.54) is 32.9 Å². The van der Waals surface area contributed by atoms with Gasteiger partial charge in [-0.05, 0) is 62.6 Å². The topological polar surface area (TPSA) is 33.2 Å². The number of rotatable bonds is 5. The maximum absolute atomic E-state index is 12.3. The van der Waals surface area contributed by atoms with Crippen LogP contribution in [-0.4, -0.2) is 10.9 Å². The lowest BCUT2D eigenvalue weighted by Gasteiger charge is -2.20. The number of thioether (sulfide) groups is 1. The Bertz CT molecular complexity index is 978. The summed E-state index contributed by atoms with van der Waals surface area (Å²) in [7, 11) is 0. The Balaban J connectivity index is 1.79. The third-order valence-corrected chi connectivity index (χ3v) is 6.41. The van der Waals surface area contributed by atoms with Gasteiger partial charge in [0, 0.05) is 23.0 Å². The van der Waals surface area contributed by atoms with Gasteiger partial charge in [-0.25, -0.2) is 4.98 Å². The molecule has 0 aliphatic carbocycles. The van der Waals surface area contributed by atoms with Crippen LogP contribution < -0.4 is 4.90 Å². The van der Waals surface area contributed by atoms with Crippen LogP contribution in [0, 0.1) is 27.7 Å². The smallest absolute Gasteiger partial charge is 0.230 e. The summed E-state index contributed by atoms with van der Waals surface area (Å²) in [6.45, 7) is 9.93. The molecule has 0 saturated carbocycles. The Labute approximate surface area is 169 Å². The van der Waals surface area contributed by atoms with Gasteiger partial charge in [-0.3, -0.25) is 9.69 Å². The molecule has 0 spiro atoms. The summed E-state index contributed by atoms with van der Waals surface area (Å²) in [5.74, 6) is 0.766. The van der Waals surface area contributed by atoms with Gasteiger partial charge in [0.05, 0.1) is 11.4 Å². The fourth-order valence-electron chi connectivity index (χ4n) is 2.89. The first kappa shape index (κ1) is 19.6. The van der Waals surface area contributed by atoms with Crippen LogP contribution in [0.5, 0.6) is 0 Å². The molecular formula is C22H24N2OS2. The van der Waals surface area contributed by atoms with E-state index in [0.717, 1.165) is 27.8 Å². The first-order valence-corrected chi connectivity index (χ1v) is 10.7. The minimum absolute atomic E-state index is 0.0235. The highest BCUT2D eigenvalue weighted by atomic mass is 32.2. The van der Waals surface area contributed by atoms with Gasteiger partial charge < -0.3 is 0 Å². The lowest BCUT2D eigenvalue weighted by atomic mass is 10.1. The number of carbonyl (C=O) groups is 1. The van der Waals surface area contributed by atoms with Crippen molar-refractivity contribution >= 4 is 39.8 Å². The summed E-state index contributed by atoms with van der Waals surface area (Å²) >= 11 is 3.29. The van der Waals surface area contributed by atoms with Gasteiger partial charge in [-0.15, -0.1) is 23.1 Å². The third-order valence-electron chi connectivity index (χ3n) is 4.50. The van der Waals surface area contributed by atoms with Crippen molar-refractivity contribution in [3.63, 3.8) is 0 Å². The van der Waals surface area contributed by atoms with E-state index in [2.05, 4.69) is 45.0 Å². The highest BCUT2D eigenvalue weighted by Gasteiger charge is 2.19. The zero-order valence-electron chi connectivity index (χ0n) is 16.4. The summed E-state index contributed by atoms with van der Waals surface area (Å²) in [4.78, 5) is 20.0. The van der Waals surface area contributed by atoms with Crippen molar-refractivity contribution in [2.24, 2.45) is 0 Å². The number of nitrogens with zero attached hydrogens (tertiary/aromatic N) is 2. The predicted octanol–water partition coefficient (Wildman–Crippen LogP) is 6.35. The number of hydrogen-bond acceptors (Lipinski definition) is 4. The van der Waals surface area contributed by atoms with Crippen molar-refractivity contribution < 1.29 is 4.79 Å². The Morgan fingerprint density at radius 3 is 2.48 bits per heavy atom. The molecule has 0 saturated heterocycles. The number of aryl methyl sites for hydroxylation is 4. The van der Waals surface area contributed by atoms with Gasteiger partial charge in [0.15, 0.2) is 5.13 Å². The fourth-order valence-corrected chi connectivity index (χ4v) is 4.76. The molecule has 3 rings (SSSR count). The van der Waals surface area contributed by atoms with Gasteiger partial charge in [0.1, 0.15) is 0 Å². The van der Waals surface area contributed by atoms with E-state index in [0.29, 0.717) is 0 Å². The molecule has 0 bridgehead atoms. The van der Waals surface area contributed by atoms with E-state index >= 15 is 0 Å². The molecule has 0 atom stereocenters. The summed E-state index contributed by atoms with van der Waals surface area (Å²) < 4.78 is 0. The van der Waals surface area contributed by atoms with Crippen LogP contribution in [0.1, 0.15) is 34.9 Å².